The first-order valence-electron chi connectivity index (χ1n) is 13.0. The first kappa shape index (κ1) is 30.9. The monoisotopic (exact) mass is 598 g/mol. The van der Waals surface area contributed by atoms with Crippen LogP contribution in [0, 0.1) is 16.7 Å². The second kappa shape index (κ2) is 12.9. The summed E-state index contributed by atoms with van der Waals surface area (Å²) in [7, 11) is -4.34. The number of benzene rings is 2. The third-order valence-electron chi connectivity index (χ3n) is 6.77. The van der Waals surface area contributed by atoms with Crippen LogP contribution >= 0.6 is 7.75 Å². The summed E-state index contributed by atoms with van der Waals surface area (Å²) < 4.78 is 37.5. The molecule has 42 heavy (non-hydrogen) atoms. The maximum atomic E-state index is 13.9. The molecule has 1 aliphatic rings. The van der Waals surface area contributed by atoms with Gasteiger partial charge in [-0.25, -0.2) is 9.36 Å². The van der Waals surface area contributed by atoms with E-state index in [0.29, 0.717) is 0 Å². The SMILES string of the molecule is CC(NP(=O)(OCC1OC(n2ccc(=O)[nH]c2=O)C(C)(C#N)C1O)Oc1ccccc1)C(=O)OC(C)c1ccccc1. The summed E-state index contributed by atoms with van der Waals surface area (Å²) in [4.78, 5) is 38.9. The molecule has 7 atom stereocenters. The molecule has 4 rings (SSSR count). The van der Waals surface area contributed by atoms with Crippen molar-refractivity contribution in [1.29, 1.82) is 5.26 Å². The van der Waals surface area contributed by atoms with E-state index in [2.05, 4.69) is 10.1 Å². The van der Waals surface area contributed by atoms with Crippen LogP contribution in [0.25, 0.3) is 0 Å². The van der Waals surface area contributed by atoms with E-state index in [1.165, 1.54) is 26.0 Å². The average Bonchev–Trinajstić information content (AvgIpc) is 3.22. The van der Waals surface area contributed by atoms with Crippen molar-refractivity contribution in [2.45, 2.75) is 51.4 Å². The lowest BCUT2D eigenvalue weighted by Gasteiger charge is -2.26. The standard InChI is InChI=1S/C28H31N4O9P/c1-18(25(35)39-19(2)20-10-6-4-7-11-20)31-42(37,41-21-12-8-5-9-13-21)38-16-22-24(34)28(3,17-29)26(40-22)32-15-14-23(33)30-27(32)36/h4-15,18-19,22,24,26,34H,16H2,1-3H3,(H,31,37)(H,30,33,36). The van der Waals surface area contributed by atoms with Crippen LogP contribution in [0.4, 0.5) is 0 Å². The maximum Gasteiger partial charge on any atom is 0.459 e. The number of aromatic amines is 1. The second-order valence-electron chi connectivity index (χ2n) is 9.92. The molecular formula is C28H31N4O9P. The normalized spacial score (nSPS) is 24.6. The van der Waals surface area contributed by atoms with Gasteiger partial charge in [0.25, 0.3) is 5.56 Å². The molecule has 3 N–H and O–H groups in total. The van der Waals surface area contributed by atoms with E-state index < -0.39 is 67.6 Å². The first-order valence-corrected chi connectivity index (χ1v) is 14.6. The van der Waals surface area contributed by atoms with Crippen LogP contribution in [0.5, 0.6) is 5.75 Å². The third kappa shape index (κ3) is 6.87. The zero-order valence-electron chi connectivity index (χ0n) is 23.1. The number of hydrogen-bond donors (Lipinski definition) is 3. The lowest BCUT2D eigenvalue weighted by Crippen LogP contribution is -2.41. The number of esters is 1. The summed E-state index contributed by atoms with van der Waals surface area (Å²) in [6.45, 7) is 3.94. The molecule has 0 amide bonds. The Morgan fingerprint density at radius 2 is 1.81 bits per heavy atom. The number of aromatic nitrogens is 2. The smallest absolute Gasteiger partial charge is 0.457 e. The van der Waals surface area contributed by atoms with Gasteiger partial charge in [0.15, 0.2) is 6.23 Å². The van der Waals surface area contributed by atoms with Crippen LogP contribution in [0.2, 0.25) is 0 Å². The van der Waals surface area contributed by atoms with E-state index in [-0.39, 0.29) is 5.75 Å². The molecule has 13 nitrogen and oxygen atoms in total. The fourth-order valence-corrected chi connectivity index (χ4v) is 5.87. The van der Waals surface area contributed by atoms with Gasteiger partial charge in [-0.15, -0.1) is 0 Å². The van der Waals surface area contributed by atoms with Crippen molar-refractivity contribution in [3.8, 4) is 11.8 Å². The van der Waals surface area contributed by atoms with Gasteiger partial charge in [-0.3, -0.25) is 23.7 Å². The number of ether oxygens (including phenoxy) is 2. The Kier molecular flexibility index (Phi) is 9.46. The predicted molar refractivity (Wildman–Crippen MR) is 149 cm³/mol. The Morgan fingerprint density at radius 1 is 1.17 bits per heavy atom. The summed E-state index contributed by atoms with van der Waals surface area (Å²) in [6.07, 6.45) is -3.52. The molecule has 0 aliphatic carbocycles. The molecule has 2 heterocycles. The zero-order chi connectivity index (χ0) is 30.5. The van der Waals surface area contributed by atoms with Gasteiger partial charge in [0.05, 0.1) is 12.7 Å². The molecule has 3 aromatic rings. The van der Waals surface area contributed by atoms with Crippen LogP contribution in [-0.4, -0.2) is 45.5 Å². The Morgan fingerprint density at radius 3 is 2.43 bits per heavy atom. The minimum absolute atomic E-state index is 0.166. The lowest BCUT2D eigenvalue weighted by molar-refractivity contribution is -0.150. The minimum Gasteiger partial charge on any atom is -0.457 e. The van der Waals surface area contributed by atoms with Gasteiger partial charge >= 0.3 is 19.4 Å². The highest BCUT2D eigenvalue weighted by molar-refractivity contribution is 7.52. The van der Waals surface area contributed by atoms with Gasteiger partial charge < -0.3 is 19.1 Å². The Bertz CT molecular complexity index is 1590. The van der Waals surface area contributed by atoms with Crippen molar-refractivity contribution >= 4 is 13.7 Å². The summed E-state index contributed by atoms with van der Waals surface area (Å²) in [5.41, 5.74) is -2.38. The van der Waals surface area contributed by atoms with Gasteiger partial charge in [0.1, 0.15) is 35.5 Å². The fraction of sp³-hybridized carbons (Fsp3) is 0.357. The Balaban J connectivity index is 1.52. The number of carbonyl (C=O) groups excluding carboxylic acids is 1. The van der Waals surface area contributed by atoms with Crippen molar-refractivity contribution in [1.82, 2.24) is 14.6 Å². The van der Waals surface area contributed by atoms with Crippen LogP contribution < -0.4 is 20.9 Å². The number of aliphatic hydroxyl groups excluding tert-OH is 1. The second-order valence-corrected chi connectivity index (χ2v) is 11.6. The summed E-state index contributed by atoms with van der Waals surface area (Å²) >= 11 is 0. The molecule has 0 saturated carbocycles. The first-order chi connectivity index (χ1) is 20.0. The van der Waals surface area contributed by atoms with Crippen LogP contribution in [0.3, 0.4) is 0 Å². The molecule has 14 heteroatoms. The maximum absolute atomic E-state index is 13.9. The molecule has 1 aromatic heterocycles. The van der Waals surface area contributed by atoms with Crippen LogP contribution in [0.15, 0.2) is 82.5 Å². The van der Waals surface area contributed by atoms with E-state index in [0.717, 1.165) is 22.4 Å². The lowest BCUT2D eigenvalue weighted by atomic mass is 9.84. The summed E-state index contributed by atoms with van der Waals surface area (Å²) in [5, 5.41) is 23.5. The van der Waals surface area contributed by atoms with E-state index in [4.69, 9.17) is 18.5 Å². The fourth-order valence-electron chi connectivity index (χ4n) is 4.37. The van der Waals surface area contributed by atoms with Crippen molar-refractivity contribution in [2.24, 2.45) is 5.41 Å². The number of nitrogens with one attached hydrogen (secondary N) is 2. The number of carbonyl (C=O) groups is 1. The molecule has 0 radical (unpaired) electrons. The highest BCUT2D eigenvalue weighted by Gasteiger charge is 2.55. The Hall–Kier alpha value is -4.05. The molecule has 1 saturated heterocycles. The quantitative estimate of drug-likeness (QED) is 0.218. The molecule has 2 aromatic carbocycles. The van der Waals surface area contributed by atoms with Gasteiger partial charge in [0.2, 0.25) is 0 Å². The summed E-state index contributed by atoms with van der Waals surface area (Å²) in [5.74, 6) is -0.558. The average molecular weight is 599 g/mol. The van der Waals surface area contributed by atoms with E-state index in [9.17, 15) is 29.3 Å². The van der Waals surface area contributed by atoms with Crippen molar-refractivity contribution in [3.63, 3.8) is 0 Å². The highest BCUT2D eigenvalue weighted by atomic mass is 31.2. The van der Waals surface area contributed by atoms with E-state index in [1.54, 1.807) is 37.3 Å². The van der Waals surface area contributed by atoms with Gasteiger partial charge in [-0.05, 0) is 38.5 Å². The Labute approximate surface area is 241 Å². The predicted octanol–water partition coefficient (Wildman–Crippen LogP) is 2.81. The van der Waals surface area contributed by atoms with Crippen molar-refractivity contribution < 1.29 is 33.0 Å². The molecule has 222 valence electrons. The van der Waals surface area contributed by atoms with Gasteiger partial charge in [-0.1, -0.05) is 48.5 Å². The third-order valence-corrected chi connectivity index (χ3v) is 8.42. The molecular weight excluding hydrogens is 567 g/mol. The molecule has 0 bridgehead atoms. The number of H-pyrrole nitrogens is 1. The highest BCUT2D eigenvalue weighted by Crippen LogP contribution is 2.48. The van der Waals surface area contributed by atoms with E-state index >= 15 is 0 Å². The van der Waals surface area contributed by atoms with E-state index in [1.807, 2.05) is 24.3 Å². The number of para-hydroxylation sites is 1. The number of nitriles is 1. The number of aliphatic hydroxyl groups is 1. The van der Waals surface area contributed by atoms with Crippen LogP contribution in [-0.2, 0) is 23.4 Å². The molecule has 7 unspecified atom stereocenters. The largest absolute Gasteiger partial charge is 0.459 e. The topological polar surface area (TPSA) is 182 Å². The molecule has 0 spiro atoms. The van der Waals surface area contributed by atoms with Crippen molar-refractivity contribution in [3.05, 3.63) is 99.3 Å². The number of hydrogen-bond acceptors (Lipinski definition) is 10. The molecule has 1 fully saturated rings. The van der Waals surface area contributed by atoms with Crippen molar-refractivity contribution in [2.75, 3.05) is 6.61 Å². The van der Waals surface area contributed by atoms with Gasteiger partial charge in [0, 0.05) is 12.3 Å². The minimum atomic E-state index is -4.34. The number of rotatable bonds is 11. The van der Waals surface area contributed by atoms with Crippen LogP contribution in [0.1, 0.15) is 38.7 Å². The zero-order valence-corrected chi connectivity index (χ0v) is 24.0. The molecule has 1 aliphatic heterocycles. The van der Waals surface area contributed by atoms with Gasteiger partial charge in [-0.2, -0.15) is 10.3 Å². The summed E-state index contributed by atoms with van der Waals surface area (Å²) in [6, 6.07) is 19.0. The number of nitrogens with zero attached hydrogens (tertiary/aromatic N) is 2.